The fraction of sp³-hybridized carbons (Fsp3) is 0.778. The van der Waals surface area contributed by atoms with Crippen LogP contribution in [0.5, 0.6) is 0 Å². The highest BCUT2D eigenvalue weighted by Gasteiger charge is 2.15. The topological polar surface area (TPSA) is 15.3 Å². The van der Waals surface area contributed by atoms with Gasteiger partial charge in [-0.1, -0.05) is 17.7 Å². The first-order valence-corrected chi connectivity index (χ1v) is 4.94. The summed E-state index contributed by atoms with van der Waals surface area (Å²) in [5.41, 5.74) is 1.59. The van der Waals surface area contributed by atoms with Crippen LogP contribution < -0.4 is 5.32 Å². The van der Waals surface area contributed by atoms with Gasteiger partial charge in [0.05, 0.1) is 0 Å². The predicted octanol–water partition coefficient (Wildman–Crippen LogP) is 1.42. The molecule has 0 radical (unpaired) electrons. The Morgan fingerprint density at radius 3 is 2.75 bits per heavy atom. The largest absolute Gasteiger partial charge is 0.317 e. The van der Waals surface area contributed by atoms with E-state index in [0.717, 1.165) is 25.7 Å². The highest BCUT2D eigenvalue weighted by molar-refractivity contribution is 6.25. The summed E-state index contributed by atoms with van der Waals surface area (Å²) >= 11 is 5.46. The van der Waals surface area contributed by atoms with Crippen molar-refractivity contribution in [3.63, 3.8) is 0 Å². The Hall–Kier alpha value is -0.0500. The van der Waals surface area contributed by atoms with Crippen LogP contribution in [0.15, 0.2) is 11.6 Å². The summed E-state index contributed by atoms with van der Waals surface area (Å²) in [7, 11) is 2.16. The molecule has 0 bridgehead atoms. The van der Waals surface area contributed by atoms with Crippen LogP contribution in [0, 0.1) is 0 Å². The smallest absolute Gasteiger partial charge is 0.0174 e. The van der Waals surface area contributed by atoms with Crippen molar-refractivity contribution in [2.75, 3.05) is 26.7 Å². The van der Waals surface area contributed by atoms with E-state index in [1.165, 1.54) is 12.8 Å². The van der Waals surface area contributed by atoms with Crippen LogP contribution in [0.25, 0.3) is 0 Å². The minimum atomic E-state index is 0.735. The first kappa shape index (κ1) is 10.0. The maximum atomic E-state index is 5.46. The zero-order valence-electron chi connectivity index (χ0n) is 7.59. The molecule has 1 N–H and O–H groups in total. The average Bonchev–Trinajstić information content (AvgIpc) is 2.15. The molecule has 3 heteroatoms. The Kier molecular flexibility index (Phi) is 4.66. The minimum absolute atomic E-state index is 0.735. The summed E-state index contributed by atoms with van der Waals surface area (Å²) in [5, 5.41) is 3.35. The van der Waals surface area contributed by atoms with E-state index in [1.54, 1.807) is 5.54 Å². The van der Waals surface area contributed by atoms with Crippen molar-refractivity contribution in [1.82, 2.24) is 10.2 Å². The predicted molar refractivity (Wildman–Crippen MR) is 53.5 cm³/mol. The van der Waals surface area contributed by atoms with Crippen LogP contribution in [-0.4, -0.2) is 37.6 Å². The summed E-state index contributed by atoms with van der Waals surface area (Å²) < 4.78 is 0. The van der Waals surface area contributed by atoms with E-state index in [9.17, 15) is 0 Å². The molecule has 1 fully saturated rings. The lowest BCUT2D eigenvalue weighted by atomic mass is 10.1. The molecule has 2 nitrogen and oxygen atoms in total. The second-order valence-corrected chi connectivity index (χ2v) is 3.53. The van der Waals surface area contributed by atoms with E-state index < -0.39 is 0 Å². The summed E-state index contributed by atoms with van der Waals surface area (Å²) in [6, 6.07) is 0.735. The third-order valence-corrected chi connectivity index (χ3v) is 2.59. The van der Waals surface area contributed by atoms with Crippen molar-refractivity contribution in [1.29, 1.82) is 0 Å². The average molecular weight is 189 g/mol. The maximum Gasteiger partial charge on any atom is 0.0174 e. The van der Waals surface area contributed by atoms with Crippen molar-refractivity contribution in [2.45, 2.75) is 18.9 Å². The molecule has 1 aliphatic heterocycles. The lowest BCUT2D eigenvalue weighted by molar-refractivity contribution is 0.217. The lowest BCUT2D eigenvalue weighted by Gasteiger charge is -2.30. The molecule has 1 aliphatic rings. The van der Waals surface area contributed by atoms with E-state index >= 15 is 0 Å². The zero-order chi connectivity index (χ0) is 8.81. The molecular weight excluding hydrogens is 172 g/mol. The van der Waals surface area contributed by atoms with Gasteiger partial charge in [-0.3, -0.25) is 4.90 Å². The molecule has 0 spiro atoms. The highest BCUT2D eigenvalue weighted by Crippen LogP contribution is 2.09. The third kappa shape index (κ3) is 3.13. The molecule has 1 saturated heterocycles. The van der Waals surface area contributed by atoms with E-state index in [1.807, 2.05) is 6.08 Å². The maximum absolute atomic E-state index is 5.46. The van der Waals surface area contributed by atoms with Crippen molar-refractivity contribution in [3.8, 4) is 0 Å². The van der Waals surface area contributed by atoms with E-state index in [-0.39, 0.29) is 0 Å². The Balaban J connectivity index is 2.24. The lowest BCUT2D eigenvalue weighted by Crippen LogP contribution is -2.41. The number of rotatable bonds is 3. The molecule has 0 aromatic carbocycles. The number of hydrogen-bond acceptors (Lipinski definition) is 2. The SMILES string of the molecule is CN(C/C=C/Cl)C1CCNCC1. The standard InChI is InChI=1S/C9H17ClN2/c1-12(8-2-5-10)9-3-6-11-7-4-9/h2,5,9,11H,3-4,6-8H2,1H3/b5-2+. The molecule has 0 aromatic rings. The fourth-order valence-corrected chi connectivity index (χ4v) is 1.68. The van der Waals surface area contributed by atoms with Crippen LogP contribution in [0.2, 0.25) is 0 Å². The molecule has 0 unspecified atom stereocenters. The molecule has 0 atom stereocenters. The van der Waals surface area contributed by atoms with Crippen LogP contribution in [0.4, 0.5) is 0 Å². The van der Waals surface area contributed by atoms with Gasteiger partial charge < -0.3 is 5.32 Å². The highest BCUT2D eigenvalue weighted by atomic mass is 35.5. The summed E-state index contributed by atoms with van der Waals surface area (Å²) in [4.78, 5) is 2.36. The molecule has 12 heavy (non-hydrogen) atoms. The molecule has 0 aliphatic carbocycles. The van der Waals surface area contributed by atoms with Gasteiger partial charge in [0, 0.05) is 18.1 Å². The van der Waals surface area contributed by atoms with Gasteiger partial charge in [0.15, 0.2) is 0 Å². The Morgan fingerprint density at radius 2 is 2.17 bits per heavy atom. The number of hydrogen-bond donors (Lipinski definition) is 1. The van der Waals surface area contributed by atoms with Gasteiger partial charge in [0.1, 0.15) is 0 Å². The van der Waals surface area contributed by atoms with E-state index in [0.29, 0.717) is 0 Å². The van der Waals surface area contributed by atoms with Crippen molar-refractivity contribution in [3.05, 3.63) is 11.6 Å². The van der Waals surface area contributed by atoms with Gasteiger partial charge in [-0.15, -0.1) is 0 Å². The first-order valence-electron chi connectivity index (χ1n) is 4.51. The third-order valence-electron chi connectivity index (χ3n) is 2.41. The molecular formula is C9H17ClN2. The van der Waals surface area contributed by atoms with Crippen molar-refractivity contribution >= 4 is 11.6 Å². The van der Waals surface area contributed by atoms with E-state index in [2.05, 4.69) is 17.3 Å². The zero-order valence-corrected chi connectivity index (χ0v) is 8.35. The van der Waals surface area contributed by atoms with Crippen LogP contribution in [0.3, 0.4) is 0 Å². The Morgan fingerprint density at radius 1 is 1.50 bits per heavy atom. The van der Waals surface area contributed by atoms with Gasteiger partial charge in [0.2, 0.25) is 0 Å². The number of nitrogens with zero attached hydrogens (tertiary/aromatic N) is 1. The number of halogens is 1. The summed E-state index contributed by atoms with van der Waals surface area (Å²) in [5.74, 6) is 0. The van der Waals surface area contributed by atoms with Gasteiger partial charge in [-0.25, -0.2) is 0 Å². The Labute approximate surface area is 79.6 Å². The van der Waals surface area contributed by atoms with Gasteiger partial charge in [-0.05, 0) is 33.0 Å². The minimum Gasteiger partial charge on any atom is -0.317 e. The van der Waals surface area contributed by atoms with Gasteiger partial charge in [0.25, 0.3) is 0 Å². The molecule has 0 aromatic heterocycles. The molecule has 0 amide bonds. The summed E-state index contributed by atoms with van der Waals surface area (Å²) in [6.07, 6.45) is 4.50. The van der Waals surface area contributed by atoms with Crippen LogP contribution in [-0.2, 0) is 0 Å². The molecule has 0 saturated carbocycles. The van der Waals surface area contributed by atoms with Gasteiger partial charge >= 0.3 is 0 Å². The number of nitrogens with one attached hydrogen (secondary N) is 1. The summed E-state index contributed by atoms with van der Waals surface area (Å²) in [6.45, 7) is 3.27. The molecule has 70 valence electrons. The van der Waals surface area contributed by atoms with Crippen LogP contribution >= 0.6 is 11.6 Å². The van der Waals surface area contributed by atoms with Crippen molar-refractivity contribution in [2.24, 2.45) is 0 Å². The fourth-order valence-electron chi connectivity index (χ4n) is 1.60. The van der Waals surface area contributed by atoms with Crippen LogP contribution in [0.1, 0.15) is 12.8 Å². The first-order chi connectivity index (χ1) is 5.84. The van der Waals surface area contributed by atoms with E-state index in [4.69, 9.17) is 11.6 Å². The number of piperidine rings is 1. The molecule has 1 rings (SSSR count). The Bertz CT molecular complexity index is 141. The van der Waals surface area contributed by atoms with Gasteiger partial charge in [-0.2, -0.15) is 0 Å². The normalized spacial score (nSPS) is 20.9. The second kappa shape index (κ2) is 5.57. The number of likely N-dealkylation sites (N-methyl/N-ethyl adjacent to an activating group) is 1. The monoisotopic (exact) mass is 188 g/mol. The second-order valence-electron chi connectivity index (χ2n) is 3.28. The molecule has 1 heterocycles. The quantitative estimate of drug-likeness (QED) is 0.721. The van der Waals surface area contributed by atoms with Crippen molar-refractivity contribution < 1.29 is 0 Å².